The predicted molar refractivity (Wildman–Crippen MR) is 72.9 cm³/mol. The average Bonchev–Trinajstić information content (AvgIpc) is 2.09. The molecular weight excluding hydrogens is 228 g/mol. The Morgan fingerprint density at radius 2 is 1.62 bits per heavy atom. The van der Waals surface area contributed by atoms with E-state index in [0.717, 1.165) is 32.4 Å². The van der Waals surface area contributed by atoms with Gasteiger partial charge in [0.25, 0.3) is 0 Å². The first-order valence-corrected chi connectivity index (χ1v) is 5.10. The highest BCUT2D eigenvalue weighted by Gasteiger charge is 1.87. The first kappa shape index (κ1) is 20.5. The number of aliphatic imine (C=N–C) groups is 1. The van der Waals surface area contributed by atoms with E-state index in [2.05, 4.69) is 11.6 Å². The quantitative estimate of drug-likeness (QED) is 0.247. The summed E-state index contributed by atoms with van der Waals surface area (Å²) in [6.45, 7) is 6.16. The van der Waals surface area contributed by atoms with Gasteiger partial charge < -0.3 is 22.3 Å². The zero-order valence-corrected chi connectivity index (χ0v) is 10.8. The van der Waals surface area contributed by atoms with Crippen molar-refractivity contribution in [3.63, 3.8) is 0 Å². The number of guanidine groups is 1. The standard InChI is InChI=1S/C7H18N4.C3H6O.ClH/c8-5-3-1-2-4-6-11-7(9)10;1-3(2)4;/h1-6,8H2,(H4,9,10,11);4H,1H2,2H3;1H. The third kappa shape index (κ3) is 38.1. The number of halogens is 1. The Kier molecular flexibility index (Phi) is 21.1. The molecule has 0 spiro atoms. The van der Waals surface area contributed by atoms with E-state index in [1.165, 1.54) is 13.3 Å². The number of allylic oxidation sites excluding steroid dienone is 1. The minimum absolute atomic E-state index is 0. The van der Waals surface area contributed by atoms with Crippen LogP contribution in [0.3, 0.4) is 0 Å². The van der Waals surface area contributed by atoms with Crippen LogP contribution in [0.15, 0.2) is 17.3 Å². The number of rotatable bonds is 6. The smallest absolute Gasteiger partial charge is 0.185 e. The Bertz CT molecular complexity index is 178. The molecule has 5 nitrogen and oxygen atoms in total. The van der Waals surface area contributed by atoms with Crippen LogP contribution in [0, 0.1) is 0 Å². The summed E-state index contributed by atoms with van der Waals surface area (Å²) in [5.74, 6) is 0.351. The van der Waals surface area contributed by atoms with Gasteiger partial charge >= 0.3 is 0 Å². The highest BCUT2D eigenvalue weighted by atomic mass is 35.5. The van der Waals surface area contributed by atoms with Crippen molar-refractivity contribution in [2.75, 3.05) is 13.1 Å². The second-order valence-electron chi connectivity index (χ2n) is 3.24. The lowest BCUT2D eigenvalue weighted by atomic mass is 10.2. The van der Waals surface area contributed by atoms with Gasteiger partial charge in [-0.25, -0.2) is 0 Å². The largest absolute Gasteiger partial charge is 0.513 e. The number of aliphatic hydroxyl groups excluding tert-OH is 1. The van der Waals surface area contributed by atoms with Crippen molar-refractivity contribution in [3.8, 4) is 0 Å². The minimum atomic E-state index is 0. The summed E-state index contributed by atoms with van der Waals surface area (Å²) >= 11 is 0. The lowest BCUT2D eigenvalue weighted by Crippen LogP contribution is -2.22. The van der Waals surface area contributed by atoms with Gasteiger partial charge in [0, 0.05) is 6.54 Å². The molecule has 98 valence electrons. The molecule has 0 fully saturated rings. The second-order valence-corrected chi connectivity index (χ2v) is 3.24. The molecule has 0 rings (SSSR count). The molecule has 7 N–H and O–H groups in total. The summed E-state index contributed by atoms with van der Waals surface area (Å²) in [7, 11) is 0. The highest BCUT2D eigenvalue weighted by Crippen LogP contribution is 1.97. The molecule has 6 heteroatoms. The molecule has 0 aliphatic rings. The highest BCUT2D eigenvalue weighted by molar-refractivity contribution is 5.85. The molecule has 0 aromatic carbocycles. The van der Waals surface area contributed by atoms with Gasteiger partial charge in [-0.15, -0.1) is 12.4 Å². The fraction of sp³-hybridized carbons (Fsp3) is 0.700. The first-order valence-electron chi connectivity index (χ1n) is 5.10. The van der Waals surface area contributed by atoms with Gasteiger partial charge in [0.15, 0.2) is 5.96 Å². The summed E-state index contributed by atoms with van der Waals surface area (Å²) in [6, 6.07) is 0. The Balaban J connectivity index is -0.000000292. The molecule has 0 aliphatic heterocycles. The second kappa shape index (κ2) is 16.5. The summed E-state index contributed by atoms with van der Waals surface area (Å²) in [4.78, 5) is 3.86. The van der Waals surface area contributed by atoms with E-state index in [-0.39, 0.29) is 24.1 Å². The van der Waals surface area contributed by atoms with Crippen molar-refractivity contribution in [1.82, 2.24) is 0 Å². The van der Waals surface area contributed by atoms with Crippen LogP contribution in [-0.4, -0.2) is 24.2 Å². The van der Waals surface area contributed by atoms with E-state index in [1.54, 1.807) is 0 Å². The lowest BCUT2D eigenvalue weighted by molar-refractivity contribution is 0.417. The molecule has 0 unspecified atom stereocenters. The SMILES string of the molecule is C=C(C)O.Cl.NCCCCCCN=C(N)N. The maximum atomic E-state index is 7.86. The van der Waals surface area contributed by atoms with Crippen LogP contribution in [0.25, 0.3) is 0 Å². The van der Waals surface area contributed by atoms with E-state index < -0.39 is 0 Å². The third-order valence-electron chi connectivity index (χ3n) is 1.41. The number of nitrogens with two attached hydrogens (primary N) is 3. The molecule has 0 aromatic heterocycles. The van der Waals surface area contributed by atoms with Crippen LogP contribution in [0.1, 0.15) is 32.6 Å². The van der Waals surface area contributed by atoms with Crippen LogP contribution in [0.5, 0.6) is 0 Å². The van der Waals surface area contributed by atoms with Gasteiger partial charge in [0.2, 0.25) is 0 Å². The molecule has 0 aliphatic carbocycles. The Morgan fingerprint density at radius 1 is 1.19 bits per heavy atom. The number of nitrogens with zero attached hydrogens (tertiary/aromatic N) is 1. The van der Waals surface area contributed by atoms with Crippen LogP contribution >= 0.6 is 12.4 Å². The molecule has 0 heterocycles. The molecule has 16 heavy (non-hydrogen) atoms. The molecule has 0 amide bonds. The molecular formula is C10H25ClN4O. The number of unbranched alkanes of at least 4 members (excludes halogenated alkanes) is 3. The Hall–Kier alpha value is -0.940. The molecule has 0 aromatic rings. The first-order chi connectivity index (χ1) is 7.00. The van der Waals surface area contributed by atoms with E-state index >= 15 is 0 Å². The van der Waals surface area contributed by atoms with Crippen molar-refractivity contribution < 1.29 is 5.11 Å². The molecule has 0 saturated carbocycles. The van der Waals surface area contributed by atoms with Gasteiger partial charge in [0.1, 0.15) is 0 Å². The Labute approximate surface area is 104 Å². The fourth-order valence-electron chi connectivity index (χ4n) is 0.818. The number of aliphatic hydroxyl groups is 1. The summed E-state index contributed by atoms with van der Waals surface area (Å²) in [5, 5.41) is 7.86. The van der Waals surface area contributed by atoms with Crippen LogP contribution in [0.2, 0.25) is 0 Å². The van der Waals surface area contributed by atoms with Gasteiger partial charge in [-0.3, -0.25) is 4.99 Å². The third-order valence-corrected chi connectivity index (χ3v) is 1.41. The van der Waals surface area contributed by atoms with Crippen molar-refractivity contribution in [2.24, 2.45) is 22.2 Å². The maximum Gasteiger partial charge on any atom is 0.185 e. The van der Waals surface area contributed by atoms with Gasteiger partial charge in [-0.05, 0) is 26.3 Å². The summed E-state index contributed by atoms with van der Waals surface area (Å²) in [6.07, 6.45) is 4.49. The number of hydrogen-bond donors (Lipinski definition) is 4. The van der Waals surface area contributed by atoms with Gasteiger partial charge in [-0.2, -0.15) is 0 Å². The minimum Gasteiger partial charge on any atom is -0.513 e. The fourth-order valence-corrected chi connectivity index (χ4v) is 0.818. The zero-order valence-electron chi connectivity index (χ0n) is 9.98. The van der Waals surface area contributed by atoms with Crippen molar-refractivity contribution in [1.29, 1.82) is 0 Å². The molecule has 0 atom stereocenters. The monoisotopic (exact) mass is 252 g/mol. The Morgan fingerprint density at radius 3 is 2.00 bits per heavy atom. The van der Waals surface area contributed by atoms with E-state index in [1.807, 2.05) is 0 Å². The molecule has 0 bridgehead atoms. The number of hydrogen-bond acceptors (Lipinski definition) is 3. The van der Waals surface area contributed by atoms with Crippen molar-refractivity contribution in [3.05, 3.63) is 12.3 Å². The maximum absolute atomic E-state index is 7.86. The van der Waals surface area contributed by atoms with Gasteiger partial charge in [0.05, 0.1) is 5.76 Å². The van der Waals surface area contributed by atoms with Crippen molar-refractivity contribution >= 4 is 18.4 Å². The topological polar surface area (TPSA) is 111 Å². The molecule has 0 radical (unpaired) electrons. The average molecular weight is 253 g/mol. The lowest BCUT2D eigenvalue weighted by Gasteiger charge is -1.96. The van der Waals surface area contributed by atoms with Crippen LogP contribution in [-0.2, 0) is 0 Å². The van der Waals surface area contributed by atoms with Crippen molar-refractivity contribution in [2.45, 2.75) is 32.6 Å². The van der Waals surface area contributed by atoms with E-state index in [9.17, 15) is 0 Å². The van der Waals surface area contributed by atoms with Gasteiger partial charge in [-0.1, -0.05) is 19.4 Å². The van der Waals surface area contributed by atoms with E-state index in [0.29, 0.717) is 0 Å². The zero-order chi connectivity index (χ0) is 12.1. The summed E-state index contributed by atoms with van der Waals surface area (Å²) in [5.41, 5.74) is 15.6. The summed E-state index contributed by atoms with van der Waals surface area (Å²) < 4.78 is 0. The van der Waals surface area contributed by atoms with E-state index in [4.69, 9.17) is 22.3 Å². The molecule has 0 saturated heterocycles. The predicted octanol–water partition coefficient (Wildman–Crippen LogP) is 1.28. The normalized spacial score (nSPS) is 8.12. The van der Waals surface area contributed by atoms with Crippen LogP contribution in [0.4, 0.5) is 0 Å². The van der Waals surface area contributed by atoms with Crippen LogP contribution < -0.4 is 17.2 Å².